The van der Waals surface area contributed by atoms with Crippen LogP contribution in [-0.2, 0) is 4.79 Å². The quantitative estimate of drug-likeness (QED) is 0.873. The lowest BCUT2D eigenvalue weighted by atomic mass is 10.0. The van der Waals surface area contributed by atoms with Crippen molar-refractivity contribution in [1.29, 1.82) is 0 Å². The van der Waals surface area contributed by atoms with Crippen molar-refractivity contribution >= 4 is 11.7 Å². The minimum absolute atomic E-state index is 0.0180. The molecule has 1 aromatic carbocycles. The van der Waals surface area contributed by atoms with Gasteiger partial charge in [0.2, 0.25) is 0 Å². The van der Waals surface area contributed by atoms with E-state index < -0.39 is 5.97 Å². The standard InChI is InChI=1S/C13H19NO3/c1-13(2,3)14(9-12(15)16)10-5-7-11(17-4)8-6-10/h5-8H,9H2,1-4H3,(H,15,16). The second-order valence-electron chi connectivity index (χ2n) is 4.85. The van der Waals surface area contributed by atoms with E-state index in [1.807, 2.05) is 49.9 Å². The van der Waals surface area contributed by atoms with Crippen LogP contribution in [0.25, 0.3) is 0 Å². The van der Waals surface area contributed by atoms with Gasteiger partial charge < -0.3 is 14.7 Å². The van der Waals surface area contributed by atoms with Crippen LogP contribution in [-0.4, -0.2) is 30.3 Å². The molecule has 94 valence electrons. The molecule has 0 aliphatic heterocycles. The van der Waals surface area contributed by atoms with Crippen molar-refractivity contribution in [2.24, 2.45) is 0 Å². The molecule has 0 aromatic heterocycles. The maximum Gasteiger partial charge on any atom is 0.323 e. The van der Waals surface area contributed by atoms with Crippen LogP contribution in [0.15, 0.2) is 24.3 Å². The third-order valence-corrected chi connectivity index (χ3v) is 2.49. The number of benzene rings is 1. The maximum atomic E-state index is 10.9. The summed E-state index contributed by atoms with van der Waals surface area (Å²) in [6.45, 7) is 5.94. The highest BCUT2D eigenvalue weighted by atomic mass is 16.5. The summed E-state index contributed by atoms with van der Waals surface area (Å²) in [5, 5.41) is 8.94. The first-order valence-corrected chi connectivity index (χ1v) is 5.48. The summed E-state index contributed by atoms with van der Waals surface area (Å²) in [6, 6.07) is 7.39. The van der Waals surface area contributed by atoms with Crippen molar-refractivity contribution in [3.63, 3.8) is 0 Å². The normalized spacial score (nSPS) is 11.1. The third-order valence-electron chi connectivity index (χ3n) is 2.49. The summed E-state index contributed by atoms with van der Waals surface area (Å²) in [6.07, 6.45) is 0. The number of carbonyl (C=O) groups is 1. The minimum Gasteiger partial charge on any atom is -0.497 e. The summed E-state index contributed by atoms with van der Waals surface area (Å²) in [7, 11) is 1.60. The number of carboxylic acid groups (broad SMARTS) is 1. The van der Waals surface area contributed by atoms with Gasteiger partial charge in [0, 0.05) is 11.2 Å². The van der Waals surface area contributed by atoms with Crippen LogP contribution < -0.4 is 9.64 Å². The van der Waals surface area contributed by atoms with Crippen molar-refractivity contribution in [2.75, 3.05) is 18.6 Å². The fraction of sp³-hybridized carbons (Fsp3) is 0.462. The van der Waals surface area contributed by atoms with Gasteiger partial charge in [-0.1, -0.05) is 0 Å². The van der Waals surface area contributed by atoms with E-state index in [1.54, 1.807) is 7.11 Å². The number of ether oxygens (including phenoxy) is 1. The first-order valence-electron chi connectivity index (χ1n) is 5.48. The highest BCUT2D eigenvalue weighted by Gasteiger charge is 2.23. The molecule has 0 amide bonds. The van der Waals surface area contributed by atoms with E-state index in [2.05, 4.69) is 0 Å². The van der Waals surface area contributed by atoms with E-state index in [0.29, 0.717) is 0 Å². The fourth-order valence-electron chi connectivity index (χ4n) is 1.61. The first kappa shape index (κ1) is 13.4. The predicted molar refractivity (Wildman–Crippen MR) is 67.7 cm³/mol. The number of methoxy groups -OCH3 is 1. The average Bonchev–Trinajstić information content (AvgIpc) is 2.24. The lowest BCUT2D eigenvalue weighted by molar-refractivity contribution is -0.135. The lowest BCUT2D eigenvalue weighted by Crippen LogP contribution is -2.44. The van der Waals surface area contributed by atoms with E-state index >= 15 is 0 Å². The lowest BCUT2D eigenvalue weighted by Gasteiger charge is -2.36. The summed E-state index contributed by atoms with van der Waals surface area (Å²) in [4.78, 5) is 12.7. The Kier molecular flexibility index (Phi) is 3.99. The number of aliphatic carboxylic acids is 1. The second-order valence-corrected chi connectivity index (χ2v) is 4.85. The SMILES string of the molecule is COc1ccc(N(CC(=O)O)C(C)(C)C)cc1. The van der Waals surface area contributed by atoms with Crippen LogP contribution in [0.5, 0.6) is 5.75 Å². The van der Waals surface area contributed by atoms with Crippen LogP contribution in [0, 0.1) is 0 Å². The molecule has 1 aromatic rings. The summed E-state index contributed by atoms with van der Waals surface area (Å²) in [5.41, 5.74) is 0.633. The van der Waals surface area contributed by atoms with Crippen molar-refractivity contribution in [3.8, 4) is 5.75 Å². The summed E-state index contributed by atoms with van der Waals surface area (Å²) >= 11 is 0. The zero-order valence-electron chi connectivity index (χ0n) is 10.7. The Bertz CT molecular complexity index is 379. The molecule has 17 heavy (non-hydrogen) atoms. The van der Waals surface area contributed by atoms with Gasteiger partial charge in [-0.15, -0.1) is 0 Å². The average molecular weight is 237 g/mol. The van der Waals surface area contributed by atoms with E-state index in [4.69, 9.17) is 9.84 Å². The van der Waals surface area contributed by atoms with Crippen LogP contribution in [0.4, 0.5) is 5.69 Å². The highest BCUT2D eigenvalue weighted by Crippen LogP contribution is 2.25. The van der Waals surface area contributed by atoms with E-state index in [1.165, 1.54) is 0 Å². The topological polar surface area (TPSA) is 49.8 Å². The zero-order chi connectivity index (χ0) is 13.1. The molecule has 0 unspecified atom stereocenters. The fourth-order valence-corrected chi connectivity index (χ4v) is 1.61. The molecule has 0 aliphatic rings. The van der Waals surface area contributed by atoms with E-state index in [9.17, 15) is 4.79 Å². The molecule has 0 bridgehead atoms. The molecular weight excluding hydrogens is 218 g/mol. The summed E-state index contributed by atoms with van der Waals surface area (Å²) < 4.78 is 5.08. The predicted octanol–water partition coefficient (Wildman–Crippen LogP) is 2.38. The molecule has 0 radical (unpaired) electrons. The van der Waals surface area contributed by atoms with Crippen LogP contribution in [0.3, 0.4) is 0 Å². The minimum atomic E-state index is -0.837. The van der Waals surface area contributed by atoms with Gasteiger partial charge >= 0.3 is 5.97 Å². The largest absolute Gasteiger partial charge is 0.497 e. The van der Waals surface area contributed by atoms with Crippen molar-refractivity contribution in [1.82, 2.24) is 0 Å². The molecule has 0 heterocycles. The van der Waals surface area contributed by atoms with Gasteiger partial charge in [-0.05, 0) is 45.0 Å². The van der Waals surface area contributed by atoms with Crippen LogP contribution >= 0.6 is 0 Å². The van der Waals surface area contributed by atoms with Gasteiger partial charge in [-0.2, -0.15) is 0 Å². The number of nitrogens with zero attached hydrogens (tertiary/aromatic N) is 1. The monoisotopic (exact) mass is 237 g/mol. The molecule has 1 N–H and O–H groups in total. The summed E-state index contributed by atoms with van der Waals surface area (Å²) in [5.74, 6) is -0.0753. The van der Waals surface area contributed by atoms with Gasteiger partial charge in [-0.3, -0.25) is 4.79 Å². The van der Waals surface area contributed by atoms with Crippen LogP contribution in [0.1, 0.15) is 20.8 Å². The van der Waals surface area contributed by atoms with Gasteiger partial charge in [0.05, 0.1) is 7.11 Å². The van der Waals surface area contributed by atoms with E-state index in [-0.39, 0.29) is 12.1 Å². The van der Waals surface area contributed by atoms with Crippen molar-refractivity contribution in [2.45, 2.75) is 26.3 Å². The van der Waals surface area contributed by atoms with Gasteiger partial charge in [0.25, 0.3) is 0 Å². The second kappa shape index (κ2) is 5.08. The Morgan fingerprint density at radius 3 is 2.18 bits per heavy atom. The number of hydrogen-bond donors (Lipinski definition) is 1. The molecular formula is C13H19NO3. The number of carboxylic acids is 1. The number of anilines is 1. The Morgan fingerprint density at radius 2 is 1.82 bits per heavy atom. The van der Waals surface area contributed by atoms with Gasteiger partial charge in [0.15, 0.2) is 0 Å². The van der Waals surface area contributed by atoms with Gasteiger partial charge in [-0.25, -0.2) is 0 Å². The molecule has 4 nitrogen and oxygen atoms in total. The smallest absolute Gasteiger partial charge is 0.323 e. The molecule has 0 saturated heterocycles. The van der Waals surface area contributed by atoms with E-state index in [0.717, 1.165) is 11.4 Å². The Hall–Kier alpha value is -1.71. The zero-order valence-corrected chi connectivity index (χ0v) is 10.7. The third kappa shape index (κ3) is 3.66. The van der Waals surface area contributed by atoms with Gasteiger partial charge in [0.1, 0.15) is 12.3 Å². The Balaban J connectivity index is 3.00. The molecule has 1 rings (SSSR count). The number of rotatable bonds is 4. The molecule has 4 heteroatoms. The molecule has 0 atom stereocenters. The Labute approximate surface area is 102 Å². The molecule has 0 spiro atoms. The maximum absolute atomic E-state index is 10.9. The molecule has 0 fully saturated rings. The van der Waals surface area contributed by atoms with Crippen LogP contribution in [0.2, 0.25) is 0 Å². The number of hydrogen-bond acceptors (Lipinski definition) is 3. The van der Waals surface area contributed by atoms with Crippen molar-refractivity contribution in [3.05, 3.63) is 24.3 Å². The highest BCUT2D eigenvalue weighted by molar-refractivity contribution is 5.74. The molecule has 0 saturated carbocycles. The molecule has 0 aliphatic carbocycles. The Morgan fingerprint density at radius 1 is 1.29 bits per heavy atom. The van der Waals surface area contributed by atoms with Crippen molar-refractivity contribution < 1.29 is 14.6 Å². The first-order chi connectivity index (χ1) is 7.84.